The van der Waals surface area contributed by atoms with E-state index >= 15 is 0 Å². The van der Waals surface area contributed by atoms with Gasteiger partial charge in [0.15, 0.2) is 0 Å². The summed E-state index contributed by atoms with van der Waals surface area (Å²) in [6.45, 7) is 8.21. The van der Waals surface area contributed by atoms with Crippen molar-refractivity contribution in [2.45, 2.75) is 46.1 Å². The first kappa shape index (κ1) is 22.0. The highest BCUT2D eigenvalue weighted by Gasteiger charge is 2.27. The van der Waals surface area contributed by atoms with Gasteiger partial charge in [-0.25, -0.2) is 4.68 Å². The van der Waals surface area contributed by atoms with Crippen LogP contribution in [0, 0.1) is 19.8 Å². The fraction of sp³-hybridized carbons (Fsp3) is 0.522. The Labute approximate surface area is 178 Å². The molecular weight excluding hydrogens is 378 g/mol. The highest BCUT2D eigenvalue weighted by molar-refractivity contribution is 5.94. The van der Waals surface area contributed by atoms with Gasteiger partial charge in [-0.3, -0.25) is 9.59 Å². The Hall–Kier alpha value is -2.67. The molecule has 0 radical (unpaired) electrons. The first-order valence-electron chi connectivity index (χ1n) is 10.8. The van der Waals surface area contributed by atoms with E-state index in [9.17, 15) is 9.59 Å². The second-order valence-electron chi connectivity index (χ2n) is 8.34. The van der Waals surface area contributed by atoms with Crippen molar-refractivity contribution in [1.82, 2.24) is 25.3 Å². The van der Waals surface area contributed by atoms with Crippen molar-refractivity contribution in [2.24, 2.45) is 5.92 Å². The molecule has 162 valence electrons. The van der Waals surface area contributed by atoms with Gasteiger partial charge in [0, 0.05) is 36.9 Å². The molecule has 0 bridgehead atoms. The zero-order valence-corrected chi connectivity index (χ0v) is 18.4. The van der Waals surface area contributed by atoms with Crippen LogP contribution in [-0.4, -0.2) is 59.2 Å². The minimum atomic E-state index is -0.0813. The summed E-state index contributed by atoms with van der Waals surface area (Å²) >= 11 is 0. The third-order valence-electron chi connectivity index (χ3n) is 5.57. The number of likely N-dealkylation sites (N-methyl/N-ethyl adjacent to an activating group) is 1. The molecule has 2 aromatic rings. The van der Waals surface area contributed by atoms with Gasteiger partial charge < -0.3 is 15.5 Å². The lowest BCUT2D eigenvalue weighted by molar-refractivity contribution is -0.125. The van der Waals surface area contributed by atoms with Crippen molar-refractivity contribution in [3.63, 3.8) is 0 Å². The number of nitrogens with one attached hydrogen (secondary N) is 2. The number of likely N-dealkylation sites (tertiary alicyclic amines) is 1. The maximum Gasteiger partial charge on any atom is 0.251 e. The molecule has 1 aliphatic rings. The second kappa shape index (κ2) is 9.89. The minimum absolute atomic E-state index is 0.0245. The molecule has 0 unspecified atom stereocenters. The fourth-order valence-electron chi connectivity index (χ4n) is 4.05. The number of aryl methyl sites for hydroxylation is 2. The van der Waals surface area contributed by atoms with Crippen LogP contribution in [0.1, 0.15) is 47.9 Å². The largest absolute Gasteiger partial charge is 0.356 e. The van der Waals surface area contributed by atoms with Crippen LogP contribution in [0.25, 0.3) is 5.69 Å². The number of carbonyl (C=O) groups excluding carboxylic acids is 2. The molecule has 7 nitrogen and oxygen atoms in total. The first-order valence-corrected chi connectivity index (χ1v) is 10.8. The van der Waals surface area contributed by atoms with Crippen molar-refractivity contribution in [3.8, 4) is 5.69 Å². The minimum Gasteiger partial charge on any atom is -0.356 e. The van der Waals surface area contributed by atoms with Crippen LogP contribution in [-0.2, 0) is 4.79 Å². The van der Waals surface area contributed by atoms with Gasteiger partial charge in [-0.15, -0.1) is 0 Å². The predicted octanol–water partition coefficient (Wildman–Crippen LogP) is 2.46. The van der Waals surface area contributed by atoms with E-state index in [4.69, 9.17) is 0 Å². The van der Waals surface area contributed by atoms with Crippen molar-refractivity contribution >= 4 is 11.8 Å². The van der Waals surface area contributed by atoms with E-state index < -0.39 is 0 Å². The monoisotopic (exact) mass is 411 g/mol. The Bertz CT molecular complexity index is 874. The van der Waals surface area contributed by atoms with E-state index in [0.717, 1.165) is 49.4 Å². The molecule has 1 aliphatic heterocycles. The normalized spacial score (nSPS) is 19.9. The molecule has 0 saturated carbocycles. The average molecular weight is 412 g/mol. The van der Waals surface area contributed by atoms with Gasteiger partial charge in [-0.1, -0.05) is 6.92 Å². The molecule has 1 saturated heterocycles. The number of benzene rings is 1. The number of hydrogen-bond donors (Lipinski definition) is 2. The highest BCUT2D eigenvalue weighted by Crippen LogP contribution is 2.18. The Morgan fingerprint density at radius 2 is 1.87 bits per heavy atom. The Morgan fingerprint density at radius 1 is 1.13 bits per heavy atom. The van der Waals surface area contributed by atoms with Crippen LogP contribution >= 0.6 is 0 Å². The van der Waals surface area contributed by atoms with Gasteiger partial charge in [-0.05, 0) is 70.5 Å². The number of nitrogens with zero attached hydrogens (tertiary/aromatic N) is 3. The first-order chi connectivity index (χ1) is 14.4. The summed E-state index contributed by atoms with van der Waals surface area (Å²) in [6.07, 6.45) is 2.51. The number of carbonyl (C=O) groups is 2. The van der Waals surface area contributed by atoms with Crippen molar-refractivity contribution in [2.75, 3.05) is 26.7 Å². The number of amides is 2. The summed E-state index contributed by atoms with van der Waals surface area (Å²) in [6, 6.07) is 9.56. The van der Waals surface area contributed by atoms with Gasteiger partial charge in [0.2, 0.25) is 5.91 Å². The van der Waals surface area contributed by atoms with Gasteiger partial charge in [-0.2, -0.15) is 5.10 Å². The summed E-state index contributed by atoms with van der Waals surface area (Å²) in [5.74, 6) is 0.0149. The van der Waals surface area contributed by atoms with Crippen LogP contribution < -0.4 is 10.6 Å². The Morgan fingerprint density at radius 3 is 2.50 bits per heavy atom. The van der Waals surface area contributed by atoms with Gasteiger partial charge >= 0.3 is 0 Å². The van der Waals surface area contributed by atoms with Gasteiger partial charge in [0.1, 0.15) is 0 Å². The third kappa shape index (κ3) is 5.48. The Kier molecular flexibility index (Phi) is 7.26. The molecular formula is C23H33N5O2. The van der Waals surface area contributed by atoms with Crippen molar-refractivity contribution in [3.05, 3.63) is 47.3 Å². The lowest BCUT2D eigenvalue weighted by atomic mass is 10.0. The maximum absolute atomic E-state index is 12.8. The van der Waals surface area contributed by atoms with E-state index in [1.54, 1.807) is 0 Å². The van der Waals surface area contributed by atoms with Crippen LogP contribution in [0.4, 0.5) is 0 Å². The molecule has 30 heavy (non-hydrogen) atoms. The smallest absolute Gasteiger partial charge is 0.251 e. The molecule has 1 aromatic carbocycles. The van der Waals surface area contributed by atoms with E-state index in [0.29, 0.717) is 12.1 Å². The lowest BCUT2D eigenvalue weighted by Crippen LogP contribution is -2.42. The van der Waals surface area contributed by atoms with Gasteiger partial charge in [0.25, 0.3) is 5.91 Å². The molecule has 2 amide bonds. The Balaban J connectivity index is 1.60. The number of hydrogen-bond acceptors (Lipinski definition) is 4. The van der Waals surface area contributed by atoms with E-state index in [-0.39, 0.29) is 23.8 Å². The number of aromatic nitrogens is 2. The average Bonchev–Trinajstić information content (AvgIpc) is 2.94. The summed E-state index contributed by atoms with van der Waals surface area (Å²) in [5.41, 5.74) is 3.59. The highest BCUT2D eigenvalue weighted by atomic mass is 16.2. The SMILES string of the molecule is CCCNC(=O)[C@@H]1CC[C@H](NC(=O)c2ccc(-n3nc(C)cc3C)cc2)CN(C)C1. The zero-order valence-electron chi connectivity index (χ0n) is 18.4. The molecule has 2 heterocycles. The molecule has 1 aromatic heterocycles. The summed E-state index contributed by atoms with van der Waals surface area (Å²) in [7, 11) is 2.01. The van der Waals surface area contributed by atoms with Crippen molar-refractivity contribution in [1.29, 1.82) is 0 Å². The van der Waals surface area contributed by atoms with Crippen LogP contribution in [0.5, 0.6) is 0 Å². The van der Waals surface area contributed by atoms with E-state index in [1.807, 2.05) is 55.9 Å². The number of rotatable bonds is 6. The topological polar surface area (TPSA) is 79.3 Å². The molecule has 7 heteroatoms. The second-order valence-corrected chi connectivity index (χ2v) is 8.34. The quantitative estimate of drug-likeness (QED) is 0.765. The molecule has 0 spiro atoms. The molecule has 1 fully saturated rings. The molecule has 3 rings (SSSR count). The van der Waals surface area contributed by atoms with Gasteiger partial charge in [0.05, 0.1) is 17.3 Å². The summed E-state index contributed by atoms with van der Waals surface area (Å²) in [5, 5.41) is 10.6. The van der Waals surface area contributed by atoms with Crippen LogP contribution in [0.3, 0.4) is 0 Å². The maximum atomic E-state index is 12.8. The summed E-state index contributed by atoms with van der Waals surface area (Å²) < 4.78 is 1.88. The van der Waals surface area contributed by atoms with Crippen LogP contribution in [0.2, 0.25) is 0 Å². The zero-order chi connectivity index (χ0) is 21.7. The molecule has 2 N–H and O–H groups in total. The van der Waals surface area contributed by atoms with E-state index in [1.165, 1.54) is 0 Å². The molecule has 2 atom stereocenters. The predicted molar refractivity (Wildman–Crippen MR) is 118 cm³/mol. The summed E-state index contributed by atoms with van der Waals surface area (Å²) in [4.78, 5) is 27.3. The van der Waals surface area contributed by atoms with Crippen molar-refractivity contribution < 1.29 is 9.59 Å². The molecule has 0 aliphatic carbocycles. The lowest BCUT2D eigenvalue weighted by Gasteiger charge is -2.22. The standard InChI is InChI=1S/C23H33N5O2/c1-5-12-24-22(29)19-6-9-20(15-27(4)14-19)25-23(30)18-7-10-21(11-8-18)28-17(3)13-16(2)26-28/h7-8,10-11,13,19-20H,5-6,9,12,14-15H2,1-4H3,(H,24,29)(H,25,30)/t19-,20+/m1/s1. The van der Waals surface area contributed by atoms with E-state index in [2.05, 4.69) is 27.6 Å². The third-order valence-corrected chi connectivity index (χ3v) is 5.57. The fourth-order valence-corrected chi connectivity index (χ4v) is 4.05. The van der Waals surface area contributed by atoms with Crippen LogP contribution in [0.15, 0.2) is 30.3 Å².